The van der Waals surface area contributed by atoms with Gasteiger partial charge in [-0.2, -0.15) is 0 Å². The third-order valence-corrected chi connectivity index (χ3v) is 4.49. The number of aromatic carboxylic acids is 1. The summed E-state index contributed by atoms with van der Waals surface area (Å²) >= 11 is 6.00. The molecule has 0 amide bonds. The van der Waals surface area contributed by atoms with E-state index in [0.29, 0.717) is 17.9 Å². The standard InChI is InChI=1S/C18H12ClNO3/c19-12-2-5-15-11(7-12)9-16(18(22)23)20(15)13-3-4-14-10(8-13)1-6-17(14)21/h2-5,7-9H,1,6H2,(H,22,23). The van der Waals surface area contributed by atoms with Crippen molar-refractivity contribution in [2.24, 2.45) is 0 Å². The minimum atomic E-state index is -1.01. The van der Waals surface area contributed by atoms with Crippen molar-refractivity contribution in [3.05, 3.63) is 64.3 Å². The van der Waals surface area contributed by atoms with E-state index in [-0.39, 0.29) is 11.5 Å². The first kappa shape index (κ1) is 14.0. The molecule has 2 aromatic carbocycles. The monoisotopic (exact) mass is 325 g/mol. The van der Waals surface area contributed by atoms with Gasteiger partial charge in [0.15, 0.2) is 5.78 Å². The number of ketones is 1. The molecule has 1 aliphatic rings. The van der Waals surface area contributed by atoms with Gasteiger partial charge in [0, 0.05) is 28.1 Å². The molecule has 0 unspecified atom stereocenters. The molecule has 0 spiro atoms. The van der Waals surface area contributed by atoms with Crippen molar-refractivity contribution < 1.29 is 14.7 Å². The van der Waals surface area contributed by atoms with Gasteiger partial charge in [0.2, 0.25) is 0 Å². The summed E-state index contributed by atoms with van der Waals surface area (Å²) in [6.07, 6.45) is 1.22. The lowest BCUT2D eigenvalue weighted by molar-refractivity contribution is 0.0688. The van der Waals surface area contributed by atoms with E-state index < -0.39 is 5.97 Å². The molecule has 23 heavy (non-hydrogen) atoms. The molecule has 3 aromatic rings. The SMILES string of the molecule is O=C1CCc2cc(-n3c(C(=O)O)cc4cc(Cl)ccc43)ccc21. The normalized spacial score (nSPS) is 13.5. The van der Waals surface area contributed by atoms with Crippen LogP contribution in [0.5, 0.6) is 0 Å². The molecule has 0 aliphatic heterocycles. The fraction of sp³-hybridized carbons (Fsp3) is 0.111. The highest BCUT2D eigenvalue weighted by Crippen LogP contribution is 2.30. The molecular formula is C18H12ClNO3. The molecule has 114 valence electrons. The van der Waals surface area contributed by atoms with Crippen LogP contribution in [0.25, 0.3) is 16.6 Å². The zero-order chi connectivity index (χ0) is 16.1. The molecule has 0 atom stereocenters. The molecule has 0 bridgehead atoms. The van der Waals surface area contributed by atoms with Gasteiger partial charge >= 0.3 is 5.97 Å². The summed E-state index contributed by atoms with van der Waals surface area (Å²) in [5.74, 6) is -0.858. The number of nitrogens with zero attached hydrogens (tertiary/aromatic N) is 1. The molecule has 4 rings (SSSR count). The summed E-state index contributed by atoms with van der Waals surface area (Å²) in [5, 5.41) is 10.9. The van der Waals surface area contributed by atoms with Crippen LogP contribution in [0.2, 0.25) is 5.02 Å². The number of Topliss-reactive ketones (excluding diaryl/α,β-unsaturated/α-hetero) is 1. The zero-order valence-corrected chi connectivity index (χ0v) is 12.8. The number of aryl methyl sites for hydroxylation is 1. The largest absolute Gasteiger partial charge is 0.477 e. The van der Waals surface area contributed by atoms with E-state index in [2.05, 4.69) is 0 Å². The third-order valence-electron chi connectivity index (χ3n) is 4.25. The smallest absolute Gasteiger partial charge is 0.352 e. The Hall–Kier alpha value is -2.59. The maximum atomic E-state index is 11.8. The van der Waals surface area contributed by atoms with Crippen LogP contribution in [-0.4, -0.2) is 21.4 Å². The number of hydrogen-bond donors (Lipinski definition) is 1. The molecular weight excluding hydrogens is 314 g/mol. The Morgan fingerprint density at radius 2 is 1.91 bits per heavy atom. The Labute approximate surface area is 136 Å². The predicted molar refractivity (Wildman–Crippen MR) is 87.9 cm³/mol. The van der Waals surface area contributed by atoms with Crippen LogP contribution >= 0.6 is 11.6 Å². The molecule has 0 fully saturated rings. The fourth-order valence-corrected chi connectivity index (χ4v) is 3.38. The van der Waals surface area contributed by atoms with Crippen LogP contribution < -0.4 is 0 Å². The Morgan fingerprint density at radius 1 is 1.09 bits per heavy atom. The second kappa shape index (κ2) is 4.96. The van der Waals surface area contributed by atoms with E-state index in [1.54, 1.807) is 34.9 Å². The van der Waals surface area contributed by atoms with E-state index in [4.69, 9.17) is 11.6 Å². The number of carboxylic acids is 1. The van der Waals surface area contributed by atoms with Gasteiger partial charge < -0.3 is 9.67 Å². The van der Waals surface area contributed by atoms with Crippen molar-refractivity contribution in [2.45, 2.75) is 12.8 Å². The van der Waals surface area contributed by atoms with Gasteiger partial charge in [-0.3, -0.25) is 4.79 Å². The highest BCUT2D eigenvalue weighted by atomic mass is 35.5. The first-order chi connectivity index (χ1) is 11.0. The third kappa shape index (κ3) is 2.14. The van der Waals surface area contributed by atoms with E-state index in [0.717, 1.165) is 27.7 Å². The summed E-state index contributed by atoms with van der Waals surface area (Å²) in [5.41, 5.74) is 3.40. The van der Waals surface area contributed by atoms with Crippen molar-refractivity contribution in [1.29, 1.82) is 0 Å². The highest BCUT2D eigenvalue weighted by molar-refractivity contribution is 6.31. The molecule has 4 nitrogen and oxygen atoms in total. The highest BCUT2D eigenvalue weighted by Gasteiger charge is 2.22. The summed E-state index contributed by atoms with van der Waals surface area (Å²) in [6.45, 7) is 0. The van der Waals surface area contributed by atoms with E-state index in [1.165, 1.54) is 0 Å². The fourth-order valence-electron chi connectivity index (χ4n) is 3.20. The average molecular weight is 326 g/mol. The molecule has 1 aromatic heterocycles. The van der Waals surface area contributed by atoms with Crippen LogP contribution in [0.1, 0.15) is 32.8 Å². The molecule has 0 saturated carbocycles. The average Bonchev–Trinajstić information content (AvgIpc) is 3.07. The van der Waals surface area contributed by atoms with Crippen molar-refractivity contribution >= 4 is 34.3 Å². The first-order valence-electron chi connectivity index (χ1n) is 7.25. The number of rotatable bonds is 2. The van der Waals surface area contributed by atoms with E-state index >= 15 is 0 Å². The van der Waals surface area contributed by atoms with Gasteiger partial charge in [-0.25, -0.2) is 4.79 Å². The number of halogens is 1. The van der Waals surface area contributed by atoms with Gasteiger partial charge in [-0.1, -0.05) is 11.6 Å². The second-order valence-electron chi connectivity index (χ2n) is 5.64. The Morgan fingerprint density at radius 3 is 2.70 bits per heavy atom. The lowest BCUT2D eigenvalue weighted by Gasteiger charge is -2.10. The molecule has 1 N–H and O–H groups in total. The Bertz CT molecular complexity index is 987. The predicted octanol–water partition coefficient (Wildman–Crippen LogP) is 4.11. The molecule has 5 heteroatoms. The zero-order valence-electron chi connectivity index (χ0n) is 12.0. The minimum absolute atomic E-state index is 0.147. The minimum Gasteiger partial charge on any atom is -0.477 e. The summed E-state index contributed by atoms with van der Waals surface area (Å²) < 4.78 is 1.69. The lowest BCUT2D eigenvalue weighted by atomic mass is 10.1. The maximum absolute atomic E-state index is 11.8. The summed E-state index contributed by atoms with van der Waals surface area (Å²) in [6, 6.07) is 12.4. The van der Waals surface area contributed by atoms with Crippen molar-refractivity contribution in [2.75, 3.05) is 0 Å². The van der Waals surface area contributed by atoms with Crippen LogP contribution in [0.15, 0.2) is 42.5 Å². The van der Waals surface area contributed by atoms with Gasteiger partial charge in [0.05, 0.1) is 5.52 Å². The van der Waals surface area contributed by atoms with Crippen molar-refractivity contribution in [3.8, 4) is 5.69 Å². The van der Waals surface area contributed by atoms with Crippen LogP contribution in [-0.2, 0) is 6.42 Å². The van der Waals surface area contributed by atoms with E-state index in [9.17, 15) is 14.7 Å². The van der Waals surface area contributed by atoms with Gasteiger partial charge in [-0.05, 0) is 54.4 Å². The van der Waals surface area contributed by atoms with Crippen LogP contribution in [0, 0.1) is 0 Å². The van der Waals surface area contributed by atoms with Gasteiger partial charge in [0.1, 0.15) is 5.69 Å². The van der Waals surface area contributed by atoms with Crippen molar-refractivity contribution in [1.82, 2.24) is 4.57 Å². The topological polar surface area (TPSA) is 59.3 Å². The van der Waals surface area contributed by atoms with E-state index in [1.807, 2.05) is 12.1 Å². The first-order valence-corrected chi connectivity index (χ1v) is 7.63. The number of carbonyl (C=O) groups is 2. The number of benzene rings is 2. The van der Waals surface area contributed by atoms with Crippen LogP contribution in [0.3, 0.4) is 0 Å². The Kier molecular flexibility index (Phi) is 3.03. The number of fused-ring (bicyclic) bond motifs is 2. The molecule has 1 heterocycles. The number of hydrogen-bond acceptors (Lipinski definition) is 2. The lowest BCUT2D eigenvalue weighted by Crippen LogP contribution is -2.07. The number of carboxylic acid groups (broad SMARTS) is 1. The molecule has 1 aliphatic carbocycles. The van der Waals surface area contributed by atoms with Gasteiger partial charge in [-0.15, -0.1) is 0 Å². The quantitative estimate of drug-likeness (QED) is 0.771. The number of aromatic nitrogens is 1. The van der Waals surface area contributed by atoms with Gasteiger partial charge in [0.25, 0.3) is 0 Å². The molecule has 0 radical (unpaired) electrons. The second-order valence-corrected chi connectivity index (χ2v) is 6.07. The summed E-state index contributed by atoms with van der Waals surface area (Å²) in [4.78, 5) is 23.4. The summed E-state index contributed by atoms with van der Waals surface area (Å²) in [7, 11) is 0. The molecule has 0 saturated heterocycles. The van der Waals surface area contributed by atoms with Crippen molar-refractivity contribution in [3.63, 3.8) is 0 Å². The number of carbonyl (C=O) groups excluding carboxylic acids is 1. The Balaban J connectivity index is 1.99. The maximum Gasteiger partial charge on any atom is 0.352 e. The van der Waals surface area contributed by atoms with Crippen LogP contribution in [0.4, 0.5) is 0 Å².